The number of piperidine rings is 1. The molecule has 0 amide bonds. The Kier molecular flexibility index (Phi) is 4.82. The zero-order valence-corrected chi connectivity index (χ0v) is 19.6. The minimum atomic E-state index is -0.972. The molecular formula is C26H36N2O5. The van der Waals surface area contributed by atoms with E-state index in [2.05, 4.69) is 4.90 Å². The maximum absolute atomic E-state index is 12.8. The number of rotatable bonds is 6. The molecule has 5 aliphatic rings. The summed E-state index contributed by atoms with van der Waals surface area (Å²) in [6, 6.07) is 3.03. The Morgan fingerprint density at radius 3 is 2.82 bits per heavy atom. The Morgan fingerprint density at radius 2 is 2.09 bits per heavy atom. The summed E-state index contributed by atoms with van der Waals surface area (Å²) in [4.78, 5) is 15.3. The maximum atomic E-state index is 12.8. The molecule has 4 N–H and O–H groups in total. The molecule has 6 rings (SSSR count). The molecule has 180 valence electrons. The standard InChI is InChI=1S/C26H36N2O5/c1-14(2)11-17(27)24(30)32-19-7-8-26(31)20-12-16-5-6-18(29)22-21(16)25(26,23(19)33-22)9-10-28(20)13-15-3-4-15/h5-6,14-15,17,19-20,23,29,31H,3-4,7-13,27H2,1-2H3/t17-,19+,20+,23-,25-,26+/m0/s1. The number of phenols is 1. The molecule has 0 aromatic heterocycles. The third-order valence-corrected chi connectivity index (χ3v) is 9.00. The first-order chi connectivity index (χ1) is 15.7. The van der Waals surface area contributed by atoms with Crippen molar-refractivity contribution in [3.8, 4) is 11.5 Å². The van der Waals surface area contributed by atoms with Gasteiger partial charge in [-0.2, -0.15) is 0 Å². The molecule has 7 nitrogen and oxygen atoms in total. The van der Waals surface area contributed by atoms with Crippen LogP contribution in [0, 0.1) is 11.8 Å². The molecule has 2 aliphatic heterocycles. The van der Waals surface area contributed by atoms with Gasteiger partial charge in [0.25, 0.3) is 0 Å². The van der Waals surface area contributed by atoms with E-state index in [1.54, 1.807) is 6.07 Å². The molecule has 2 heterocycles. The molecule has 7 heteroatoms. The second-order valence-corrected chi connectivity index (χ2v) is 11.5. The second-order valence-electron chi connectivity index (χ2n) is 11.5. The zero-order chi connectivity index (χ0) is 23.1. The summed E-state index contributed by atoms with van der Waals surface area (Å²) in [5.41, 5.74) is 6.57. The van der Waals surface area contributed by atoms with Gasteiger partial charge in [-0.1, -0.05) is 19.9 Å². The first kappa shape index (κ1) is 21.7. The summed E-state index contributed by atoms with van der Waals surface area (Å²) < 4.78 is 12.4. The zero-order valence-electron chi connectivity index (χ0n) is 19.6. The minimum absolute atomic E-state index is 0.0146. The van der Waals surface area contributed by atoms with Gasteiger partial charge in [0.05, 0.1) is 11.0 Å². The lowest BCUT2D eigenvalue weighted by Gasteiger charge is -2.64. The summed E-state index contributed by atoms with van der Waals surface area (Å²) in [6.07, 6.45) is 4.68. The van der Waals surface area contributed by atoms with E-state index in [0.29, 0.717) is 30.9 Å². The number of carbonyl (C=O) groups is 1. The fourth-order valence-electron chi connectivity index (χ4n) is 7.40. The molecule has 6 atom stereocenters. The highest BCUT2D eigenvalue weighted by molar-refractivity contribution is 5.76. The van der Waals surface area contributed by atoms with Crippen molar-refractivity contribution in [2.45, 2.75) is 94.1 Å². The lowest BCUT2D eigenvalue weighted by Crippen LogP contribution is -2.77. The summed E-state index contributed by atoms with van der Waals surface area (Å²) in [7, 11) is 0. The highest BCUT2D eigenvalue weighted by Gasteiger charge is 2.73. The van der Waals surface area contributed by atoms with Crippen LogP contribution in [0.15, 0.2) is 12.1 Å². The van der Waals surface area contributed by atoms with Gasteiger partial charge >= 0.3 is 5.97 Å². The minimum Gasteiger partial charge on any atom is -0.504 e. The Hall–Kier alpha value is -1.83. The number of aromatic hydroxyl groups is 1. The van der Waals surface area contributed by atoms with E-state index in [1.165, 1.54) is 12.8 Å². The second kappa shape index (κ2) is 7.33. The van der Waals surface area contributed by atoms with Crippen LogP contribution in [0.25, 0.3) is 0 Å². The number of nitrogens with two attached hydrogens (primary N) is 1. The fourth-order valence-corrected chi connectivity index (χ4v) is 7.40. The van der Waals surface area contributed by atoms with Gasteiger partial charge in [0.2, 0.25) is 0 Å². The predicted octanol–water partition coefficient (Wildman–Crippen LogP) is 2.24. The van der Waals surface area contributed by atoms with Crippen LogP contribution in [0.5, 0.6) is 11.5 Å². The van der Waals surface area contributed by atoms with Gasteiger partial charge < -0.3 is 25.4 Å². The monoisotopic (exact) mass is 456 g/mol. The van der Waals surface area contributed by atoms with Crippen molar-refractivity contribution in [1.82, 2.24) is 4.90 Å². The number of benzene rings is 1. The fraction of sp³-hybridized carbons (Fsp3) is 0.731. The third-order valence-electron chi connectivity index (χ3n) is 9.00. The molecule has 1 spiro atoms. The number of nitrogens with zero attached hydrogens (tertiary/aromatic N) is 1. The van der Waals surface area contributed by atoms with E-state index in [4.69, 9.17) is 15.2 Å². The number of esters is 1. The summed E-state index contributed by atoms with van der Waals surface area (Å²) in [5, 5.41) is 23.1. The van der Waals surface area contributed by atoms with Gasteiger partial charge in [0, 0.05) is 18.2 Å². The smallest absolute Gasteiger partial charge is 0.323 e. The van der Waals surface area contributed by atoms with E-state index >= 15 is 0 Å². The molecular weight excluding hydrogens is 420 g/mol. The number of aliphatic hydroxyl groups is 1. The largest absolute Gasteiger partial charge is 0.504 e. The summed E-state index contributed by atoms with van der Waals surface area (Å²) in [6.45, 7) is 5.99. The van der Waals surface area contributed by atoms with Crippen molar-refractivity contribution in [1.29, 1.82) is 0 Å². The van der Waals surface area contributed by atoms with Crippen LogP contribution in [0.4, 0.5) is 0 Å². The Morgan fingerprint density at radius 1 is 1.30 bits per heavy atom. The molecule has 1 aromatic carbocycles. The van der Waals surface area contributed by atoms with Crippen LogP contribution in [0.1, 0.15) is 63.5 Å². The molecule has 2 bridgehead atoms. The van der Waals surface area contributed by atoms with Gasteiger partial charge in [-0.05, 0) is 75.0 Å². The van der Waals surface area contributed by atoms with Crippen molar-refractivity contribution in [2.75, 3.05) is 13.1 Å². The number of phenolic OH excluding ortho intramolecular Hbond substituents is 1. The van der Waals surface area contributed by atoms with Crippen molar-refractivity contribution < 1.29 is 24.5 Å². The average molecular weight is 457 g/mol. The SMILES string of the molecule is CC(C)C[C@H](N)C(=O)O[C@@H]1CC[C@@]2(O)[C@H]3Cc4ccc(O)c5c4[C@@]2(CCN3CC2CC2)[C@H]1O5. The lowest BCUT2D eigenvalue weighted by atomic mass is 9.48. The van der Waals surface area contributed by atoms with Gasteiger partial charge in [0.15, 0.2) is 11.5 Å². The highest BCUT2D eigenvalue weighted by atomic mass is 16.6. The van der Waals surface area contributed by atoms with Crippen LogP contribution in [0.3, 0.4) is 0 Å². The highest BCUT2D eigenvalue weighted by Crippen LogP contribution is 2.65. The van der Waals surface area contributed by atoms with Crippen LogP contribution >= 0.6 is 0 Å². The van der Waals surface area contributed by atoms with Crippen molar-refractivity contribution in [2.24, 2.45) is 17.6 Å². The van der Waals surface area contributed by atoms with Crippen molar-refractivity contribution >= 4 is 5.97 Å². The topological polar surface area (TPSA) is 105 Å². The molecule has 33 heavy (non-hydrogen) atoms. The number of hydrogen-bond donors (Lipinski definition) is 3. The van der Waals surface area contributed by atoms with Gasteiger partial charge in [-0.25, -0.2) is 0 Å². The quantitative estimate of drug-likeness (QED) is 0.564. The Labute approximate surface area is 195 Å². The van der Waals surface area contributed by atoms with Crippen LogP contribution in [-0.2, 0) is 21.4 Å². The maximum Gasteiger partial charge on any atom is 0.323 e. The van der Waals surface area contributed by atoms with Crippen molar-refractivity contribution in [3.05, 3.63) is 23.3 Å². The number of hydrogen-bond acceptors (Lipinski definition) is 7. The van der Waals surface area contributed by atoms with Crippen molar-refractivity contribution in [3.63, 3.8) is 0 Å². The van der Waals surface area contributed by atoms with Crippen LogP contribution in [-0.4, -0.2) is 64.1 Å². The third kappa shape index (κ3) is 3.01. The number of ether oxygens (including phenoxy) is 2. The Bertz CT molecular complexity index is 978. The molecule has 3 aliphatic carbocycles. The van der Waals surface area contributed by atoms with E-state index < -0.39 is 35.2 Å². The first-order valence-corrected chi connectivity index (χ1v) is 12.7. The van der Waals surface area contributed by atoms with Gasteiger partial charge in [-0.3, -0.25) is 9.69 Å². The predicted molar refractivity (Wildman–Crippen MR) is 122 cm³/mol. The lowest BCUT2D eigenvalue weighted by molar-refractivity contribution is -0.216. The molecule has 1 aromatic rings. The number of carbonyl (C=O) groups excluding carboxylic acids is 1. The summed E-state index contributed by atoms with van der Waals surface area (Å²) >= 11 is 0. The molecule has 2 saturated carbocycles. The molecule has 3 fully saturated rings. The molecule has 0 unspecified atom stereocenters. The van der Waals surface area contributed by atoms with E-state index in [1.807, 2.05) is 19.9 Å². The Balaban J connectivity index is 1.38. The number of likely N-dealkylation sites (tertiary alicyclic amines) is 1. The van der Waals surface area contributed by atoms with Crippen LogP contribution < -0.4 is 10.5 Å². The van der Waals surface area contributed by atoms with Gasteiger partial charge in [0.1, 0.15) is 18.2 Å². The molecule has 0 radical (unpaired) electrons. The van der Waals surface area contributed by atoms with Crippen LogP contribution in [0.2, 0.25) is 0 Å². The van der Waals surface area contributed by atoms with Gasteiger partial charge in [-0.15, -0.1) is 0 Å². The normalized spacial score (nSPS) is 37.4. The summed E-state index contributed by atoms with van der Waals surface area (Å²) in [5.74, 6) is 1.21. The van der Waals surface area contributed by atoms with E-state index in [0.717, 1.165) is 43.0 Å². The average Bonchev–Trinajstić information content (AvgIpc) is 3.50. The van der Waals surface area contributed by atoms with E-state index in [9.17, 15) is 15.0 Å². The molecule has 1 saturated heterocycles. The first-order valence-electron chi connectivity index (χ1n) is 12.7. The van der Waals surface area contributed by atoms with E-state index in [-0.39, 0.29) is 11.8 Å².